The zero-order chi connectivity index (χ0) is 22.5. The van der Waals surface area contributed by atoms with Gasteiger partial charge in [0, 0.05) is 42.2 Å². The number of fused-ring (bicyclic) bond motifs is 2. The third kappa shape index (κ3) is 3.82. The molecule has 6 heteroatoms. The molecule has 3 aromatic rings. The fraction of sp³-hybridized carbons (Fsp3) is 0.385. The van der Waals surface area contributed by atoms with Crippen LogP contribution in [0.3, 0.4) is 0 Å². The molecule has 1 aromatic heterocycles. The van der Waals surface area contributed by atoms with Crippen molar-refractivity contribution in [3.05, 3.63) is 70.1 Å². The van der Waals surface area contributed by atoms with Gasteiger partial charge in [0.05, 0.1) is 0 Å². The topological polar surface area (TPSA) is 52.6 Å². The Balaban J connectivity index is 1.41. The number of piperazine rings is 2. The molecule has 1 atom stereocenters. The van der Waals surface area contributed by atoms with Gasteiger partial charge in [-0.25, -0.2) is 0 Å². The summed E-state index contributed by atoms with van der Waals surface area (Å²) in [5, 5.41) is 4.21. The molecule has 0 saturated carbocycles. The Kier molecular flexibility index (Phi) is 5.30. The Bertz CT molecular complexity index is 1180. The third-order valence-corrected chi connectivity index (χ3v) is 7.86. The van der Waals surface area contributed by atoms with Crippen LogP contribution in [0.2, 0.25) is 0 Å². The second kappa shape index (κ2) is 8.01. The molecule has 2 fully saturated rings. The van der Waals surface area contributed by atoms with E-state index in [-0.39, 0.29) is 11.8 Å². The average molecular weight is 448 g/mol. The Hall–Kier alpha value is -2.70. The van der Waals surface area contributed by atoms with Crippen LogP contribution < -0.4 is 5.32 Å². The van der Waals surface area contributed by atoms with Crippen LogP contribution in [0.1, 0.15) is 35.4 Å². The molecule has 0 bridgehead atoms. The molecule has 2 aromatic carbocycles. The summed E-state index contributed by atoms with van der Waals surface area (Å²) in [6, 6.07) is 16.9. The molecule has 2 aliphatic rings. The molecular weight excluding hydrogens is 418 g/mol. The number of amides is 2. The molecule has 2 saturated heterocycles. The SMILES string of the molecule is Cc1ccc(Cc2sc3ccccc3c2CN2CCN3C(=O)C(C)(C)NC(=O)C3C2)cc1. The molecule has 2 aliphatic heterocycles. The smallest absolute Gasteiger partial charge is 0.248 e. The van der Waals surface area contributed by atoms with E-state index >= 15 is 0 Å². The number of carbonyl (C=O) groups excluding carboxylic acids is 2. The first kappa shape index (κ1) is 21.2. The van der Waals surface area contributed by atoms with Gasteiger partial charge in [0.2, 0.25) is 11.8 Å². The Labute approximate surface area is 193 Å². The van der Waals surface area contributed by atoms with Crippen LogP contribution in [0.5, 0.6) is 0 Å². The van der Waals surface area contributed by atoms with Gasteiger partial charge in [-0.05, 0) is 43.4 Å². The molecule has 166 valence electrons. The van der Waals surface area contributed by atoms with Crippen LogP contribution in [0.15, 0.2) is 48.5 Å². The number of hydrogen-bond acceptors (Lipinski definition) is 4. The maximum absolute atomic E-state index is 12.8. The van der Waals surface area contributed by atoms with Crippen molar-refractivity contribution >= 4 is 33.2 Å². The largest absolute Gasteiger partial charge is 0.340 e. The van der Waals surface area contributed by atoms with Crippen molar-refractivity contribution in [1.82, 2.24) is 15.1 Å². The fourth-order valence-electron chi connectivity index (χ4n) is 4.83. The van der Waals surface area contributed by atoms with E-state index in [1.54, 1.807) is 18.7 Å². The molecule has 5 rings (SSSR count). The number of hydrogen-bond donors (Lipinski definition) is 1. The third-order valence-electron chi connectivity index (χ3n) is 6.65. The van der Waals surface area contributed by atoms with E-state index in [1.807, 2.05) is 11.3 Å². The van der Waals surface area contributed by atoms with Crippen LogP contribution in [-0.2, 0) is 22.6 Å². The van der Waals surface area contributed by atoms with Gasteiger partial charge in [-0.3, -0.25) is 14.5 Å². The van der Waals surface area contributed by atoms with E-state index in [0.717, 1.165) is 19.5 Å². The Morgan fingerprint density at radius 1 is 1.06 bits per heavy atom. The normalized spacial score (nSPS) is 21.0. The van der Waals surface area contributed by atoms with Gasteiger partial charge in [0.15, 0.2) is 0 Å². The lowest BCUT2D eigenvalue weighted by Crippen LogP contribution is -2.72. The fourth-order valence-corrected chi connectivity index (χ4v) is 6.08. The number of benzene rings is 2. The van der Waals surface area contributed by atoms with Crippen molar-refractivity contribution in [3.63, 3.8) is 0 Å². The predicted molar refractivity (Wildman–Crippen MR) is 129 cm³/mol. The Morgan fingerprint density at radius 3 is 2.59 bits per heavy atom. The Morgan fingerprint density at radius 2 is 1.81 bits per heavy atom. The average Bonchev–Trinajstić information content (AvgIpc) is 3.10. The second-order valence-electron chi connectivity index (χ2n) is 9.53. The van der Waals surface area contributed by atoms with Gasteiger partial charge < -0.3 is 10.2 Å². The highest BCUT2D eigenvalue weighted by Crippen LogP contribution is 2.34. The zero-order valence-corrected chi connectivity index (χ0v) is 19.7. The van der Waals surface area contributed by atoms with Gasteiger partial charge in [0.1, 0.15) is 11.6 Å². The molecular formula is C26H29N3O2S. The summed E-state index contributed by atoms with van der Waals surface area (Å²) in [6.45, 7) is 8.41. The lowest BCUT2D eigenvalue weighted by atomic mass is 9.95. The quantitative estimate of drug-likeness (QED) is 0.663. The number of aryl methyl sites for hydroxylation is 1. The minimum Gasteiger partial charge on any atom is -0.340 e. The zero-order valence-electron chi connectivity index (χ0n) is 18.9. The van der Waals surface area contributed by atoms with Gasteiger partial charge in [-0.15, -0.1) is 11.3 Å². The lowest BCUT2D eigenvalue weighted by molar-refractivity contribution is -0.157. The maximum atomic E-state index is 12.8. The molecule has 0 aliphatic carbocycles. The van der Waals surface area contributed by atoms with Crippen LogP contribution in [0.25, 0.3) is 10.1 Å². The summed E-state index contributed by atoms with van der Waals surface area (Å²) in [5.74, 6) is -0.0304. The van der Waals surface area contributed by atoms with Crippen molar-refractivity contribution in [3.8, 4) is 0 Å². The first-order valence-corrected chi connectivity index (χ1v) is 12.0. The predicted octanol–water partition coefficient (Wildman–Crippen LogP) is 3.72. The van der Waals surface area contributed by atoms with Crippen molar-refractivity contribution in [2.45, 2.75) is 45.3 Å². The maximum Gasteiger partial charge on any atom is 0.248 e. The number of carbonyl (C=O) groups is 2. The van der Waals surface area contributed by atoms with Gasteiger partial charge >= 0.3 is 0 Å². The van der Waals surface area contributed by atoms with Gasteiger partial charge in [-0.2, -0.15) is 0 Å². The number of thiophene rings is 1. The highest BCUT2D eigenvalue weighted by molar-refractivity contribution is 7.19. The molecule has 32 heavy (non-hydrogen) atoms. The molecule has 5 nitrogen and oxygen atoms in total. The first-order valence-electron chi connectivity index (χ1n) is 11.2. The summed E-state index contributed by atoms with van der Waals surface area (Å²) in [7, 11) is 0. The minimum atomic E-state index is -0.819. The van der Waals surface area contributed by atoms with Gasteiger partial charge in [-0.1, -0.05) is 48.0 Å². The van der Waals surface area contributed by atoms with E-state index in [9.17, 15) is 9.59 Å². The lowest BCUT2D eigenvalue weighted by Gasteiger charge is -2.47. The number of nitrogens with one attached hydrogen (secondary N) is 1. The van der Waals surface area contributed by atoms with Crippen LogP contribution in [0, 0.1) is 6.92 Å². The van der Waals surface area contributed by atoms with Crippen molar-refractivity contribution in [2.24, 2.45) is 0 Å². The first-order chi connectivity index (χ1) is 15.3. The standard InChI is InChI=1S/C26H29N3O2S/c1-17-8-10-18(11-9-17)14-23-20(19-6-4-5-7-22(19)32-23)15-28-12-13-29-21(16-28)24(30)27-26(2,3)25(29)31/h4-11,21H,12-16H2,1-3H3,(H,27,30). The van der Waals surface area contributed by atoms with Crippen LogP contribution >= 0.6 is 11.3 Å². The van der Waals surface area contributed by atoms with E-state index < -0.39 is 11.6 Å². The number of nitrogens with zero attached hydrogens (tertiary/aromatic N) is 2. The summed E-state index contributed by atoms with van der Waals surface area (Å²) in [5.41, 5.74) is 3.11. The van der Waals surface area contributed by atoms with Gasteiger partial charge in [0.25, 0.3) is 0 Å². The van der Waals surface area contributed by atoms with E-state index in [1.165, 1.54) is 31.7 Å². The molecule has 1 N–H and O–H groups in total. The molecule has 2 amide bonds. The summed E-state index contributed by atoms with van der Waals surface area (Å²) in [4.78, 5) is 31.0. The highest BCUT2D eigenvalue weighted by Gasteiger charge is 2.47. The molecule has 1 unspecified atom stereocenters. The van der Waals surface area contributed by atoms with Crippen molar-refractivity contribution in [2.75, 3.05) is 19.6 Å². The van der Waals surface area contributed by atoms with Crippen LogP contribution in [-0.4, -0.2) is 52.8 Å². The monoisotopic (exact) mass is 447 g/mol. The van der Waals surface area contributed by atoms with Crippen LogP contribution in [0.4, 0.5) is 0 Å². The molecule has 0 spiro atoms. The summed E-state index contributed by atoms with van der Waals surface area (Å²) < 4.78 is 1.30. The minimum absolute atomic E-state index is 0.0165. The summed E-state index contributed by atoms with van der Waals surface area (Å²) in [6.07, 6.45) is 0.908. The molecule has 0 radical (unpaired) electrons. The summed E-state index contributed by atoms with van der Waals surface area (Å²) >= 11 is 1.86. The van der Waals surface area contributed by atoms with Crippen molar-refractivity contribution < 1.29 is 9.59 Å². The number of rotatable bonds is 4. The highest BCUT2D eigenvalue weighted by atomic mass is 32.1. The van der Waals surface area contributed by atoms with E-state index in [4.69, 9.17) is 0 Å². The van der Waals surface area contributed by atoms with Crippen molar-refractivity contribution in [1.29, 1.82) is 0 Å². The second-order valence-corrected chi connectivity index (χ2v) is 10.7. The molecule has 3 heterocycles. The van der Waals surface area contributed by atoms with E-state index in [0.29, 0.717) is 13.1 Å². The van der Waals surface area contributed by atoms with E-state index in [2.05, 4.69) is 65.7 Å².